The molecule has 2 amide bonds. The standard InChI is InChI=1S/C11H20N4O2S/c1-3-11(2)10-15(9(17)7-18-10)5-4-14(11)6-8(16)13-12/h10H,3-7,12H2,1-2H3,(H,13,16)/t10-,11-/m1/s1. The molecule has 0 spiro atoms. The maximum absolute atomic E-state index is 11.8. The zero-order chi connectivity index (χ0) is 13.3. The summed E-state index contributed by atoms with van der Waals surface area (Å²) in [5.74, 6) is 5.74. The van der Waals surface area contributed by atoms with E-state index in [1.807, 2.05) is 4.90 Å². The first-order valence-electron chi connectivity index (χ1n) is 6.18. The molecule has 2 heterocycles. The Hall–Kier alpha value is -0.790. The summed E-state index contributed by atoms with van der Waals surface area (Å²) in [7, 11) is 0. The van der Waals surface area contributed by atoms with Gasteiger partial charge in [-0.25, -0.2) is 5.84 Å². The third-order valence-electron chi connectivity index (χ3n) is 4.04. The maximum atomic E-state index is 11.8. The first kappa shape index (κ1) is 13.6. The predicted molar refractivity (Wildman–Crippen MR) is 70.6 cm³/mol. The number of hydrogen-bond donors (Lipinski definition) is 2. The predicted octanol–water partition coefficient (Wildman–Crippen LogP) is -0.638. The molecule has 0 radical (unpaired) electrons. The van der Waals surface area contributed by atoms with E-state index in [-0.39, 0.29) is 22.7 Å². The van der Waals surface area contributed by atoms with Gasteiger partial charge in [-0.1, -0.05) is 6.92 Å². The second-order valence-corrected chi connectivity index (χ2v) is 6.02. The highest BCUT2D eigenvalue weighted by molar-refractivity contribution is 8.01. The lowest BCUT2D eigenvalue weighted by atomic mass is 9.92. The van der Waals surface area contributed by atoms with Crippen LogP contribution in [0.1, 0.15) is 20.3 Å². The van der Waals surface area contributed by atoms with Gasteiger partial charge in [-0.3, -0.25) is 19.9 Å². The van der Waals surface area contributed by atoms with Gasteiger partial charge in [0.2, 0.25) is 11.8 Å². The second kappa shape index (κ2) is 5.07. The summed E-state index contributed by atoms with van der Waals surface area (Å²) in [4.78, 5) is 27.3. The summed E-state index contributed by atoms with van der Waals surface area (Å²) in [5, 5.41) is 0.148. The van der Waals surface area contributed by atoms with Crippen LogP contribution < -0.4 is 11.3 Å². The smallest absolute Gasteiger partial charge is 0.248 e. The number of nitrogens with two attached hydrogens (primary N) is 1. The van der Waals surface area contributed by atoms with Crippen LogP contribution in [0.4, 0.5) is 0 Å². The Labute approximate surface area is 111 Å². The van der Waals surface area contributed by atoms with E-state index in [9.17, 15) is 9.59 Å². The van der Waals surface area contributed by atoms with Crippen LogP contribution in [0.25, 0.3) is 0 Å². The molecule has 0 bridgehead atoms. The Kier molecular flexibility index (Phi) is 3.84. The van der Waals surface area contributed by atoms with Gasteiger partial charge in [0.15, 0.2) is 0 Å². The number of carbonyl (C=O) groups excluding carboxylic acids is 2. The molecule has 102 valence electrons. The lowest BCUT2D eigenvalue weighted by Crippen LogP contribution is -2.65. The number of thioether (sulfide) groups is 1. The molecule has 3 N–H and O–H groups in total. The van der Waals surface area contributed by atoms with Crippen LogP contribution in [0.2, 0.25) is 0 Å². The molecular formula is C11H20N4O2S. The molecule has 0 aliphatic carbocycles. The number of fused-ring (bicyclic) bond motifs is 1. The van der Waals surface area contributed by atoms with Crippen molar-refractivity contribution in [3.8, 4) is 0 Å². The van der Waals surface area contributed by atoms with E-state index in [0.29, 0.717) is 18.8 Å². The van der Waals surface area contributed by atoms with Crippen LogP contribution in [0.3, 0.4) is 0 Å². The molecule has 2 atom stereocenters. The van der Waals surface area contributed by atoms with E-state index in [0.717, 1.165) is 13.0 Å². The summed E-state index contributed by atoms with van der Waals surface area (Å²) in [6.07, 6.45) is 0.895. The fourth-order valence-electron chi connectivity index (χ4n) is 2.73. The molecule has 0 unspecified atom stereocenters. The molecular weight excluding hydrogens is 252 g/mol. The minimum absolute atomic E-state index is 0.148. The zero-order valence-electron chi connectivity index (χ0n) is 10.8. The molecule has 7 heteroatoms. The average molecular weight is 272 g/mol. The molecule has 2 aliphatic rings. The van der Waals surface area contributed by atoms with E-state index in [1.54, 1.807) is 11.8 Å². The van der Waals surface area contributed by atoms with Crippen molar-refractivity contribution in [1.29, 1.82) is 0 Å². The Balaban J connectivity index is 2.18. The van der Waals surface area contributed by atoms with E-state index >= 15 is 0 Å². The van der Waals surface area contributed by atoms with Crippen molar-refractivity contribution in [3.63, 3.8) is 0 Å². The van der Waals surface area contributed by atoms with Crippen molar-refractivity contribution in [2.45, 2.75) is 31.2 Å². The highest BCUT2D eigenvalue weighted by Crippen LogP contribution is 2.41. The van der Waals surface area contributed by atoms with Gasteiger partial charge < -0.3 is 4.90 Å². The fourth-order valence-corrected chi connectivity index (χ4v) is 4.27. The highest BCUT2D eigenvalue weighted by Gasteiger charge is 2.50. The first-order chi connectivity index (χ1) is 8.52. The summed E-state index contributed by atoms with van der Waals surface area (Å²) in [6.45, 7) is 5.93. The number of rotatable bonds is 3. The Morgan fingerprint density at radius 2 is 2.33 bits per heavy atom. The second-order valence-electron chi connectivity index (χ2n) is 4.95. The largest absolute Gasteiger partial charge is 0.327 e. The lowest BCUT2D eigenvalue weighted by Gasteiger charge is -2.51. The summed E-state index contributed by atoms with van der Waals surface area (Å²) in [5.41, 5.74) is 2.01. The van der Waals surface area contributed by atoms with Gasteiger partial charge in [0.05, 0.1) is 17.7 Å². The van der Waals surface area contributed by atoms with Crippen molar-refractivity contribution in [2.24, 2.45) is 5.84 Å². The molecule has 2 saturated heterocycles. The first-order valence-corrected chi connectivity index (χ1v) is 7.23. The van der Waals surface area contributed by atoms with E-state index in [2.05, 4.69) is 24.2 Å². The Morgan fingerprint density at radius 3 is 2.94 bits per heavy atom. The van der Waals surface area contributed by atoms with Crippen LogP contribution in [0.5, 0.6) is 0 Å². The van der Waals surface area contributed by atoms with Gasteiger partial charge in [0.25, 0.3) is 0 Å². The minimum atomic E-state index is -0.183. The summed E-state index contributed by atoms with van der Waals surface area (Å²) in [6, 6.07) is 0. The van der Waals surface area contributed by atoms with Crippen molar-refractivity contribution in [1.82, 2.24) is 15.2 Å². The third kappa shape index (κ3) is 2.10. The number of hydrazine groups is 1. The van der Waals surface area contributed by atoms with Gasteiger partial charge in [0, 0.05) is 18.6 Å². The van der Waals surface area contributed by atoms with E-state index in [4.69, 9.17) is 5.84 Å². The van der Waals surface area contributed by atoms with Crippen LogP contribution in [0, 0.1) is 0 Å². The van der Waals surface area contributed by atoms with Gasteiger partial charge in [-0.05, 0) is 13.3 Å². The quantitative estimate of drug-likeness (QED) is 0.406. The monoisotopic (exact) mass is 272 g/mol. The lowest BCUT2D eigenvalue weighted by molar-refractivity contribution is -0.135. The van der Waals surface area contributed by atoms with Gasteiger partial charge in [-0.15, -0.1) is 11.8 Å². The van der Waals surface area contributed by atoms with Gasteiger partial charge in [0.1, 0.15) is 0 Å². The number of amides is 2. The van der Waals surface area contributed by atoms with Gasteiger partial charge >= 0.3 is 0 Å². The number of carbonyl (C=O) groups is 2. The Morgan fingerprint density at radius 1 is 1.61 bits per heavy atom. The van der Waals surface area contributed by atoms with E-state index < -0.39 is 0 Å². The van der Waals surface area contributed by atoms with Crippen molar-refractivity contribution < 1.29 is 9.59 Å². The third-order valence-corrected chi connectivity index (χ3v) is 5.54. The summed E-state index contributed by atoms with van der Waals surface area (Å²) >= 11 is 1.68. The van der Waals surface area contributed by atoms with E-state index in [1.165, 1.54) is 0 Å². The molecule has 0 aromatic carbocycles. The number of nitrogens with zero attached hydrogens (tertiary/aromatic N) is 2. The van der Waals surface area contributed by atoms with Crippen LogP contribution in [0.15, 0.2) is 0 Å². The van der Waals surface area contributed by atoms with Crippen molar-refractivity contribution >= 4 is 23.6 Å². The minimum Gasteiger partial charge on any atom is -0.327 e. The molecule has 2 fully saturated rings. The van der Waals surface area contributed by atoms with Crippen LogP contribution >= 0.6 is 11.8 Å². The molecule has 0 aromatic heterocycles. The van der Waals surface area contributed by atoms with Crippen molar-refractivity contribution in [2.75, 3.05) is 25.4 Å². The van der Waals surface area contributed by atoms with Crippen molar-refractivity contribution in [3.05, 3.63) is 0 Å². The fraction of sp³-hybridized carbons (Fsp3) is 0.818. The molecule has 0 aromatic rings. The molecule has 6 nitrogen and oxygen atoms in total. The maximum Gasteiger partial charge on any atom is 0.248 e. The summed E-state index contributed by atoms with van der Waals surface area (Å²) < 4.78 is 0. The van der Waals surface area contributed by atoms with Crippen LogP contribution in [-0.4, -0.2) is 57.9 Å². The highest BCUT2D eigenvalue weighted by atomic mass is 32.2. The average Bonchev–Trinajstić information content (AvgIpc) is 2.75. The topological polar surface area (TPSA) is 78.7 Å². The van der Waals surface area contributed by atoms with Gasteiger partial charge in [-0.2, -0.15) is 0 Å². The zero-order valence-corrected chi connectivity index (χ0v) is 11.6. The molecule has 0 saturated carbocycles. The SMILES string of the molecule is CC[C@]1(C)[C@H]2SCC(=O)N2CCN1CC(=O)NN. The number of hydrogen-bond acceptors (Lipinski definition) is 5. The number of piperazine rings is 1. The molecule has 2 rings (SSSR count). The molecule has 18 heavy (non-hydrogen) atoms. The molecule has 2 aliphatic heterocycles. The normalized spacial score (nSPS) is 32.5. The number of nitrogens with one attached hydrogen (secondary N) is 1. The van der Waals surface area contributed by atoms with Crippen LogP contribution in [-0.2, 0) is 9.59 Å². The Bertz CT molecular complexity index is 365.